The molecule has 0 unspecified atom stereocenters. The van der Waals surface area contributed by atoms with Crippen molar-refractivity contribution in [3.8, 4) is 0 Å². The van der Waals surface area contributed by atoms with Gasteiger partial charge in [-0.2, -0.15) is 18.3 Å². The number of aliphatic hydroxyl groups is 1. The molecule has 0 saturated heterocycles. The summed E-state index contributed by atoms with van der Waals surface area (Å²) in [5.74, 6) is -2.72. The maximum absolute atomic E-state index is 13.5. The monoisotopic (exact) mass is 294 g/mol. The number of halogens is 4. The molecule has 0 fully saturated rings. The fraction of sp³-hybridized carbons (Fsp3) is 0.400. The maximum Gasteiger partial charge on any atom is 0.419 e. The lowest BCUT2D eigenvalue weighted by Gasteiger charge is -2.26. The van der Waals surface area contributed by atoms with Crippen LogP contribution in [0.2, 0.25) is 0 Å². The Balaban J connectivity index is 2.25. The third kappa shape index (κ3) is 2.40. The van der Waals surface area contributed by atoms with E-state index < -0.39 is 29.1 Å². The summed E-state index contributed by atoms with van der Waals surface area (Å²) >= 11 is 0. The van der Waals surface area contributed by atoms with Gasteiger partial charge in [0.1, 0.15) is 0 Å². The highest BCUT2D eigenvalue weighted by Gasteiger charge is 2.40. The number of H-pyrrole nitrogens is 1. The van der Waals surface area contributed by atoms with Crippen molar-refractivity contribution < 1.29 is 22.7 Å². The third-order valence-electron chi connectivity index (χ3n) is 2.86. The van der Waals surface area contributed by atoms with Gasteiger partial charge in [0.15, 0.2) is 11.7 Å². The van der Waals surface area contributed by atoms with Crippen LogP contribution in [0.25, 0.3) is 0 Å². The van der Waals surface area contributed by atoms with Gasteiger partial charge in [0.2, 0.25) is 5.88 Å². The number of allylic oxidation sites excluding steroid dienone is 2. The minimum Gasteiger partial charge on any atom is -0.493 e. The Kier molecular flexibility index (Phi) is 3.32. The number of nitrogens with zero attached hydrogens (tertiary/aromatic N) is 3. The van der Waals surface area contributed by atoms with E-state index in [-0.39, 0.29) is 18.9 Å². The van der Waals surface area contributed by atoms with E-state index in [2.05, 4.69) is 10.2 Å². The zero-order chi connectivity index (χ0) is 15.1. The van der Waals surface area contributed by atoms with Crippen LogP contribution in [0.1, 0.15) is 5.82 Å². The Morgan fingerprint density at radius 2 is 2.15 bits per heavy atom. The van der Waals surface area contributed by atoms with Gasteiger partial charge < -0.3 is 10.0 Å². The third-order valence-corrected chi connectivity index (χ3v) is 2.86. The van der Waals surface area contributed by atoms with E-state index in [1.807, 2.05) is 0 Å². The Morgan fingerprint density at radius 3 is 2.65 bits per heavy atom. The van der Waals surface area contributed by atoms with E-state index in [4.69, 9.17) is 0 Å². The van der Waals surface area contributed by atoms with Crippen molar-refractivity contribution in [2.75, 3.05) is 6.54 Å². The van der Waals surface area contributed by atoms with Gasteiger partial charge in [-0.3, -0.25) is 4.57 Å². The number of rotatable bonds is 2. The summed E-state index contributed by atoms with van der Waals surface area (Å²) in [6.07, 6.45) is -4.25. The number of hydrogen-bond donors (Lipinski definition) is 2. The summed E-state index contributed by atoms with van der Waals surface area (Å²) in [4.78, 5) is 12.1. The number of aromatic amines is 1. The Bertz CT molecular complexity index is 640. The standard InChI is InChI=1S/C10H10F4N4O2/c1-17-6(15-16-9(17)20)4-18-3-2-5(10(12,13)14)7(11)8(18)19/h2,19H,3-4H2,1H3,(H,16,20). The maximum atomic E-state index is 13.5. The van der Waals surface area contributed by atoms with Crippen LogP contribution >= 0.6 is 0 Å². The highest BCUT2D eigenvalue weighted by Crippen LogP contribution is 2.36. The molecule has 0 spiro atoms. The topological polar surface area (TPSA) is 74.2 Å². The summed E-state index contributed by atoms with van der Waals surface area (Å²) in [5, 5.41) is 15.2. The molecule has 2 rings (SSSR count). The van der Waals surface area contributed by atoms with Gasteiger partial charge in [-0.25, -0.2) is 14.3 Å². The smallest absolute Gasteiger partial charge is 0.419 e. The quantitative estimate of drug-likeness (QED) is 0.801. The van der Waals surface area contributed by atoms with Crippen LogP contribution < -0.4 is 5.69 Å². The highest BCUT2D eigenvalue weighted by molar-refractivity contribution is 5.34. The molecule has 0 atom stereocenters. The first kappa shape index (κ1) is 14.2. The molecule has 0 aliphatic carbocycles. The molecule has 0 saturated carbocycles. The molecule has 20 heavy (non-hydrogen) atoms. The summed E-state index contributed by atoms with van der Waals surface area (Å²) in [7, 11) is 1.39. The fourth-order valence-corrected chi connectivity index (χ4v) is 1.71. The van der Waals surface area contributed by atoms with Gasteiger partial charge in [0.25, 0.3) is 0 Å². The van der Waals surface area contributed by atoms with Crippen molar-refractivity contribution in [1.82, 2.24) is 19.7 Å². The van der Waals surface area contributed by atoms with E-state index in [1.165, 1.54) is 7.05 Å². The molecule has 1 aliphatic heterocycles. The number of aromatic nitrogens is 3. The van der Waals surface area contributed by atoms with E-state index in [9.17, 15) is 27.5 Å². The molecule has 1 aromatic heterocycles. The first-order valence-corrected chi connectivity index (χ1v) is 5.43. The van der Waals surface area contributed by atoms with Crippen molar-refractivity contribution in [1.29, 1.82) is 0 Å². The second-order valence-corrected chi connectivity index (χ2v) is 4.14. The molecular weight excluding hydrogens is 284 g/mol. The fourth-order valence-electron chi connectivity index (χ4n) is 1.71. The molecule has 0 aromatic carbocycles. The lowest BCUT2D eigenvalue weighted by Crippen LogP contribution is -2.31. The molecular formula is C10H10F4N4O2. The van der Waals surface area contributed by atoms with Crippen LogP contribution in [0.15, 0.2) is 28.2 Å². The Morgan fingerprint density at radius 1 is 1.50 bits per heavy atom. The second-order valence-electron chi connectivity index (χ2n) is 4.14. The average molecular weight is 294 g/mol. The predicted molar refractivity (Wildman–Crippen MR) is 59.1 cm³/mol. The van der Waals surface area contributed by atoms with Gasteiger partial charge in [-0.15, -0.1) is 0 Å². The molecule has 2 heterocycles. The summed E-state index contributed by atoms with van der Waals surface area (Å²) in [6.45, 7) is -0.564. The van der Waals surface area contributed by atoms with Crippen LogP contribution in [-0.2, 0) is 13.6 Å². The van der Waals surface area contributed by atoms with Crippen LogP contribution in [0.4, 0.5) is 17.6 Å². The normalized spacial score (nSPS) is 16.6. The van der Waals surface area contributed by atoms with Crippen molar-refractivity contribution in [3.05, 3.63) is 39.7 Å². The molecule has 10 heteroatoms. The summed E-state index contributed by atoms with van der Waals surface area (Å²) in [6, 6.07) is 0. The van der Waals surface area contributed by atoms with Crippen LogP contribution in [-0.4, -0.2) is 37.5 Å². The van der Waals surface area contributed by atoms with Gasteiger partial charge >= 0.3 is 11.9 Å². The summed E-state index contributed by atoms with van der Waals surface area (Å²) in [5.41, 5.74) is -2.03. The molecule has 0 bridgehead atoms. The molecule has 6 nitrogen and oxygen atoms in total. The summed E-state index contributed by atoms with van der Waals surface area (Å²) < 4.78 is 52.0. The Hall–Kier alpha value is -2.26. The minimum absolute atomic E-state index is 0.151. The molecule has 110 valence electrons. The molecule has 2 N–H and O–H groups in total. The van der Waals surface area contributed by atoms with Crippen LogP contribution in [0.3, 0.4) is 0 Å². The number of aliphatic hydroxyl groups excluding tert-OH is 1. The van der Waals surface area contributed by atoms with E-state index in [0.717, 1.165) is 9.47 Å². The van der Waals surface area contributed by atoms with Crippen molar-refractivity contribution in [3.63, 3.8) is 0 Å². The SMILES string of the molecule is Cn1c(CN2CC=C(C(F)(F)F)C(F)=C2O)n[nH]c1=O. The minimum atomic E-state index is -4.87. The van der Waals surface area contributed by atoms with Gasteiger partial charge in [0.05, 0.1) is 12.1 Å². The van der Waals surface area contributed by atoms with Gasteiger partial charge in [-0.1, -0.05) is 0 Å². The molecule has 0 radical (unpaired) electrons. The number of alkyl halides is 3. The van der Waals surface area contributed by atoms with E-state index in [1.54, 1.807) is 0 Å². The number of nitrogens with one attached hydrogen (secondary N) is 1. The lowest BCUT2D eigenvalue weighted by atomic mass is 10.1. The highest BCUT2D eigenvalue weighted by atomic mass is 19.4. The predicted octanol–water partition coefficient (Wildman–Crippen LogP) is 1.11. The molecule has 1 aliphatic rings. The van der Waals surface area contributed by atoms with Gasteiger partial charge in [0, 0.05) is 13.6 Å². The van der Waals surface area contributed by atoms with Gasteiger partial charge in [-0.05, 0) is 6.08 Å². The van der Waals surface area contributed by atoms with Crippen molar-refractivity contribution in [2.24, 2.45) is 7.05 Å². The number of hydrogen-bond acceptors (Lipinski definition) is 4. The molecule has 0 amide bonds. The average Bonchev–Trinajstić information content (AvgIpc) is 2.65. The van der Waals surface area contributed by atoms with Crippen LogP contribution in [0, 0.1) is 0 Å². The zero-order valence-corrected chi connectivity index (χ0v) is 10.2. The van der Waals surface area contributed by atoms with E-state index in [0.29, 0.717) is 6.08 Å². The van der Waals surface area contributed by atoms with E-state index >= 15 is 0 Å². The first-order chi connectivity index (χ1) is 9.21. The Labute approximate surface area is 109 Å². The lowest BCUT2D eigenvalue weighted by molar-refractivity contribution is -0.0931. The molecule has 1 aromatic rings. The zero-order valence-electron chi connectivity index (χ0n) is 10.2. The van der Waals surface area contributed by atoms with Crippen LogP contribution in [0.5, 0.6) is 0 Å². The largest absolute Gasteiger partial charge is 0.493 e. The van der Waals surface area contributed by atoms with Crippen molar-refractivity contribution >= 4 is 0 Å². The first-order valence-electron chi connectivity index (χ1n) is 5.43. The van der Waals surface area contributed by atoms with Crippen molar-refractivity contribution in [2.45, 2.75) is 12.7 Å². The second kappa shape index (κ2) is 4.69.